The molecule has 0 spiro atoms. The number of amides is 1. The predicted octanol–water partition coefficient (Wildman–Crippen LogP) is 2.23. The number of fused-ring (bicyclic) bond motifs is 2. The lowest BCUT2D eigenvalue weighted by Gasteiger charge is -2.06. The normalized spacial score (nSPS) is 12.3. The van der Waals surface area contributed by atoms with Crippen molar-refractivity contribution in [2.75, 3.05) is 13.4 Å². The zero-order chi connectivity index (χ0) is 20.1. The van der Waals surface area contributed by atoms with E-state index in [9.17, 15) is 9.59 Å². The second kappa shape index (κ2) is 8.39. The Morgan fingerprint density at radius 3 is 2.83 bits per heavy atom. The summed E-state index contributed by atoms with van der Waals surface area (Å²) in [5.41, 5.74) is 2.87. The topological polar surface area (TPSA) is 99.6 Å². The standard InChI is InChI=1S/C21H17N3O5/c25-20(23-10-14-5-7-18-19(9-14)29-13-28-18)12-27-21(26)8-6-15-11-22-16-3-1-2-4-17(16)24-15/h1-9,11H,10,12-13H2,(H,23,25). The molecule has 0 atom stereocenters. The molecule has 0 unspecified atom stereocenters. The van der Waals surface area contributed by atoms with Crippen LogP contribution in [-0.2, 0) is 20.9 Å². The molecule has 146 valence electrons. The van der Waals surface area contributed by atoms with Crippen molar-refractivity contribution >= 4 is 29.0 Å². The Balaban J connectivity index is 1.24. The molecule has 3 aromatic rings. The van der Waals surface area contributed by atoms with E-state index in [1.807, 2.05) is 30.3 Å². The van der Waals surface area contributed by atoms with Crippen LogP contribution in [-0.4, -0.2) is 35.2 Å². The van der Waals surface area contributed by atoms with Gasteiger partial charge in [0.2, 0.25) is 6.79 Å². The van der Waals surface area contributed by atoms with Gasteiger partial charge in [0.25, 0.3) is 5.91 Å². The van der Waals surface area contributed by atoms with Gasteiger partial charge in [-0.25, -0.2) is 9.78 Å². The molecule has 0 aliphatic carbocycles. The molecule has 1 amide bonds. The Bertz CT molecular complexity index is 1100. The molecule has 1 aromatic heterocycles. The Kier molecular flexibility index (Phi) is 5.33. The SMILES string of the molecule is O=C(COC(=O)C=Cc1cnc2ccccc2n1)NCc1ccc2c(c1)OCO2. The summed E-state index contributed by atoms with van der Waals surface area (Å²) in [4.78, 5) is 32.3. The summed E-state index contributed by atoms with van der Waals surface area (Å²) < 4.78 is 15.5. The first-order valence-electron chi connectivity index (χ1n) is 8.89. The highest BCUT2D eigenvalue weighted by atomic mass is 16.7. The Labute approximate surface area is 166 Å². The minimum absolute atomic E-state index is 0.194. The average molecular weight is 391 g/mol. The van der Waals surface area contributed by atoms with Crippen molar-refractivity contribution < 1.29 is 23.8 Å². The monoisotopic (exact) mass is 391 g/mol. The van der Waals surface area contributed by atoms with Crippen molar-refractivity contribution in [2.24, 2.45) is 0 Å². The first kappa shape index (κ1) is 18.4. The number of para-hydroxylation sites is 2. The zero-order valence-corrected chi connectivity index (χ0v) is 15.3. The molecule has 0 bridgehead atoms. The number of ether oxygens (including phenoxy) is 3. The lowest BCUT2D eigenvalue weighted by molar-refractivity contribution is -0.143. The van der Waals surface area contributed by atoms with Crippen molar-refractivity contribution in [1.82, 2.24) is 15.3 Å². The van der Waals surface area contributed by atoms with E-state index in [4.69, 9.17) is 14.2 Å². The van der Waals surface area contributed by atoms with E-state index in [2.05, 4.69) is 15.3 Å². The van der Waals surface area contributed by atoms with Gasteiger partial charge < -0.3 is 19.5 Å². The highest BCUT2D eigenvalue weighted by Gasteiger charge is 2.13. The van der Waals surface area contributed by atoms with Gasteiger partial charge in [-0.1, -0.05) is 18.2 Å². The number of esters is 1. The summed E-state index contributed by atoms with van der Waals surface area (Å²) >= 11 is 0. The van der Waals surface area contributed by atoms with Gasteiger partial charge in [0, 0.05) is 12.6 Å². The minimum atomic E-state index is -0.641. The average Bonchev–Trinajstić information content (AvgIpc) is 3.22. The molecule has 0 fully saturated rings. The smallest absolute Gasteiger partial charge is 0.331 e. The van der Waals surface area contributed by atoms with Crippen LogP contribution in [0.1, 0.15) is 11.3 Å². The molecule has 1 aliphatic heterocycles. The summed E-state index contributed by atoms with van der Waals surface area (Å²) in [6.07, 6.45) is 4.26. The third-order valence-electron chi connectivity index (χ3n) is 4.13. The van der Waals surface area contributed by atoms with Gasteiger partial charge in [-0.2, -0.15) is 0 Å². The van der Waals surface area contributed by atoms with Gasteiger partial charge in [-0.15, -0.1) is 0 Å². The second-order valence-corrected chi connectivity index (χ2v) is 6.19. The highest BCUT2D eigenvalue weighted by Crippen LogP contribution is 2.32. The van der Waals surface area contributed by atoms with Crippen molar-refractivity contribution in [2.45, 2.75) is 6.54 Å². The van der Waals surface area contributed by atoms with Gasteiger partial charge in [0.15, 0.2) is 18.1 Å². The molecular formula is C21H17N3O5. The fraction of sp³-hybridized carbons (Fsp3) is 0.143. The van der Waals surface area contributed by atoms with E-state index in [0.29, 0.717) is 17.2 Å². The van der Waals surface area contributed by atoms with E-state index in [-0.39, 0.29) is 19.9 Å². The number of carbonyl (C=O) groups excluding carboxylic acids is 2. The van der Waals surface area contributed by atoms with Crippen LogP contribution >= 0.6 is 0 Å². The van der Waals surface area contributed by atoms with Crippen LogP contribution in [0.15, 0.2) is 54.7 Å². The van der Waals surface area contributed by atoms with Gasteiger partial charge in [-0.3, -0.25) is 9.78 Å². The molecular weight excluding hydrogens is 374 g/mol. The summed E-state index contributed by atoms with van der Waals surface area (Å²) in [5, 5.41) is 2.68. The van der Waals surface area contributed by atoms with Gasteiger partial charge in [0.05, 0.1) is 22.9 Å². The molecule has 0 radical (unpaired) electrons. The molecule has 0 saturated heterocycles. The molecule has 4 rings (SSSR count). The van der Waals surface area contributed by atoms with Crippen LogP contribution in [0.4, 0.5) is 0 Å². The van der Waals surface area contributed by atoms with Crippen LogP contribution in [0.2, 0.25) is 0 Å². The largest absolute Gasteiger partial charge is 0.454 e. The number of carbonyl (C=O) groups is 2. The van der Waals surface area contributed by atoms with Crippen LogP contribution in [0.5, 0.6) is 11.5 Å². The molecule has 1 N–H and O–H groups in total. The molecule has 29 heavy (non-hydrogen) atoms. The fourth-order valence-electron chi connectivity index (χ4n) is 2.69. The Morgan fingerprint density at radius 2 is 1.93 bits per heavy atom. The van der Waals surface area contributed by atoms with E-state index in [0.717, 1.165) is 16.6 Å². The van der Waals surface area contributed by atoms with E-state index < -0.39 is 11.9 Å². The fourth-order valence-corrected chi connectivity index (χ4v) is 2.69. The molecule has 2 heterocycles. The maximum Gasteiger partial charge on any atom is 0.331 e. The number of aromatic nitrogens is 2. The van der Waals surface area contributed by atoms with Gasteiger partial charge >= 0.3 is 5.97 Å². The summed E-state index contributed by atoms with van der Waals surface area (Å²) in [5.74, 6) is 0.273. The lowest BCUT2D eigenvalue weighted by Crippen LogP contribution is -2.28. The number of benzene rings is 2. The van der Waals surface area contributed by atoms with Crippen molar-refractivity contribution in [3.63, 3.8) is 0 Å². The number of hydrogen-bond acceptors (Lipinski definition) is 7. The van der Waals surface area contributed by atoms with E-state index in [1.54, 1.807) is 18.3 Å². The molecule has 8 nitrogen and oxygen atoms in total. The first-order valence-corrected chi connectivity index (χ1v) is 8.89. The number of hydrogen-bond donors (Lipinski definition) is 1. The zero-order valence-electron chi connectivity index (χ0n) is 15.3. The Morgan fingerprint density at radius 1 is 1.10 bits per heavy atom. The molecule has 1 aliphatic rings. The highest BCUT2D eigenvalue weighted by molar-refractivity contribution is 5.89. The summed E-state index contributed by atoms with van der Waals surface area (Å²) in [7, 11) is 0. The third-order valence-corrected chi connectivity index (χ3v) is 4.13. The van der Waals surface area contributed by atoms with E-state index >= 15 is 0 Å². The van der Waals surface area contributed by atoms with Crippen LogP contribution in [0.25, 0.3) is 17.1 Å². The molecule has 0 saturated carbocycles. The van der Waals surface area contributed by atoms with Gasteiger partial charge in [-0.05, 0) is 35.9 Å². The lowest BCUT2D eigenvalue weighted by atomic mass is 10.2. The summed E-state index contributed by atoms with van der Waals surface area (Å²) in [6, 6.07) is 12.8. The van der Waals surface area contributed by atoms with Gasteiger partial charge in [0.1, 0.15) is 0 Å². The third kappa shape index (κ3) is 4.67. The van der Waals surface area contributed by atoms with Crippen LogP contribution < -0.4 is 14.8 Å². The van der Waals surface area contributed by atoms with E-state index in [1.165, 1.54) is 12.2 Å². The van der Waals surface area contributed by atoms with Crippen molar-refractivity contribution in [3.05, 3.63) is 66.0 Å². The number of rotatable bonds is 6. The maximum absolute atomic E-state index is 11.9. The summed E-state index contributed by atoms with van der Waals surface area (Å²) in [6.45, 7) is 0.103. The maximum atomic E-state index is 11.9. The number of nitrogens with one attached hydrogen (secondary N) is 1. The van der Waals surface area contributed by atoms with Crippen LogP contribution in [0.3, 0.4) is 0 Å². The second-order valence-electron chi connectivity index (χ2n) is 6.19. The molecule has 8 heteroatoms. The van der Waals surface area contributed by atoms with Crippen molar-refractivity contribution in [3.8, 4) is 11.5 Å². The molecule has 2 aromatic carbocycles. The number of nitrogens with zero attached hydrogens (tertiary/aromatic N) is 2. The minimum Gasteiger partial charge on any atom is -0.454 e. The Hall–Kier alpha value is -3.94. The predicted molar refractivity (Wildman–Crippen MR) is 104 cm³/mol. The van der Waals surface area contributed by atoms with Crippen LogP contribution in [0, 0.1) is 0 Å². The quantitative estimate of drug-likeness (QED) is 0.508. The first-order chi connectivity index (χ1) is 14.2. The van der Waals surface area contributed by atoms with Crippen molar-refractivity contribution in [1.29, 1.82) is 0 Å².